The van der Waals surface area contributed by atoms with Crippen LogP contribution in [0.1, 0.15) is 40.7 Å². The lowest BCUT2D eigenvalue weighted by Crippen LogP contribution is -2.29. The summed E-state index contributed by atoms with van der Waals surface area (Å²) >= 11 is 0. The largest absolute Gasteiger partial charge is 0.361 e. The van der Waals surface area contributed by atoms with Crippen LogP contribution in [0.25, 0.3) is 22.2 Å². The van der Waals surface area contributed by atoms with Crippen LogP contribution in [-0.4, -0.2) is 25.1 Å². The molecule has 0 atom stereocenters. The normalized spacial score (nSPS) is 11.9. The van der Waals surface area contributed by atoms with Gasteiger partial charge in [-0.15, -0.1) is 4.91 Å². The molecule has 170 valence electrons. The first-order valence-corrected chi connectivity index (χ1v) is 10.4. The number of benzene rings is 1. The lowest BCUT2D eigenvalue weighted by molar-refractivity contribution is 0.142. The number of nitrogens with one attached hydrogen (secondary N) is 1. The number of fused-ring (bicyclic) bond motifs is 1. The Balaban J connectivity index is 1.94. The van der Waals surface area contributed by atoms with Crippen molar-refractivity contribution in [3.63, 3.8) is 0 Å². The average molecular weight is 460 g/mol. The highest BCUT2D eigenvalue weighted by Crippen LogP contribution is 2.44. The van der Waals surface area contributed by atoms with Gasteiger partial charge in [-0.1, -0.05) is 17.3 Å². The van der Waals surface area contributed by atoms with Crippen molar-refractivity contribution in [3.8, 4) is 11.1 Å². The van der Waals surface area contributed by atoms with E-state index < -0.39 is 17.8 Å². The molecule has 4 aromatic heterocycles. The predicted molar refractivity (Wildman–Crippen MR) is 120 cm³/mol. The van der Waals surface area contributed by atoms with Crippen molar-refractivity contribution in [3.05, 3.63) is 100 Å². The fraction of sp³-hybridized carbons (Fsp3) is 0.167. The molecule has 0 aliphatic rings. The second kappa shape index (κ2) is 8.22. The van der Waals surface area contributed by atoms with Crippen molar-refractivity contribution in [2.24, 2.45) is 5.18 Å². The number of halogens is 2. The number of hydrogen-bond donors (Lipinski definition) is 1. The Morgan fingerprint density at radius 1 is 1.03 bits per heavy atom. The summed E-state index contributed by atoms with van der Waals surface area (Å²) in [5.74, 6) is 0.0192. The minimum atomic E-state index is -2.84. The molecule has 0 saturated heterocycles. The summed E-state index contributed by atoms with van der Waals surface area (Å²) < 4.78 is 32.6. The Labute approximate surface area is 192 Å². The molecule has 0 aliphatic heterocycles. The Kier molecular flexibility index (Phi) is 5.20. The van der Waals surface area contributed by atoms with Crippen LogP contribution in [0.2, 0.25) is 0 Å². The molecule has 0 spiro atoms. The van der Waals surface area contributed by atoms with Gasteiger partial charge < -0.3 is 9.51 Å². The first-order chi connectivity index (χ1) is 16.5. The number of rotatable bonds is 6. The number of alkyl halides is 2. The Morgan fingerprint density at radius 2 is 1.71 bits per heavy atom. The number of imidazole rings is 1. The van der Waals surface area contributed by atoms with Crippen LogP contribution in [-0.2, 0) is 5.54 Å². The maximum Gasteiger partial charge on any atom is 0.295 e. The van der Waals surface area contributed by atoms with Gasteiger partial charge in [-0.05, 0) is 61.0 Å². The molecule has 0 saturated carbocycles. The van der Waals surface area contributed by atoms with Crippen LogP contribution in [0.4, 0.5) is 8.78 Å². The van der Waals surface area contributed by atoms with E-state index >= 15 is 0 Å². The molecule has 0 amide bonds. The van der Waals surface area contributed by atoms with E-state index in [1.807, 2.05) is 0 Å². The number of pyridine rings is 2. The van der Waals surface area contributed by atoms with E-state index in [1.54, 1.807) is 62.4 Å². The van der Waals surface area contributed by atoms with Gasteiger partial charge in [-0.3, -0.25) is 9.97 Å². The van der Waals surface area contributed by atoms with Crippen LogP contribution >= 0.6 is 0 Å². The van der Waals surface area contributed by atoms with E-state index in [2.05, 4.69) is 30.3 Å². The fourth-order valence-electron chi connectivity index (χ4n) is 4.26. The minimum absolute atomic E-state index is 0.168. The first kappa shape index (κ1) is 21.5. The number of nitrogens with zero attached hydrogens (tertiary/aromatic N) is 5. The van der Waals surface area contributed by atoms with Crippen LogP contribution in [0.3, 0.4) is 0 Å². The monoisotopic (exact) mass is 460 g/mol. The van der Waals surface area contributed by atoms with Gasteiger partial charge in [0, 0.05) is 23.5 Å². The first-order valence-electron chi connectivity index (χ1n) is 10.4. The van der Waals surface area contributed by atoms with Crippen LogP contribution in [0, 0.1) is 18.8 Å². The van der Waals surface area contributed by atoms with Gasteiger partial charge in [0.25, 0.3) is 6.43 Å². The second-order valence-corrected chi connectivity index (χ2v) is 7.77. The summed E-state index contributed by atoms with van der Waals surface area (Å²) in [5, 5.41) is 7.55. The molecule has 5 rings (SSSR count). The third-order valence-corrected chi connectivity index (χ3v) is 5.73. The van der Waals surface area contributed by atoms with Crippen LogP contribution in [0.15, 0.2) is 70.6 Å². The van der Waals surface area contributed by atoms with Crippen molar-refractivity contribution >= 4 is 11.0 Å². The quantitative estimate of drug-likeness (QED) is 0.329. The van der Waals surface area contributed by atoms with Gasteiger partial charge in [-0.25, -0.2) is 13.8 Å². The van der Waals surface area contributed by atoms with E-state index in [4.69, 9.17) is 4.52 Å². The lowest BCUT2D eigenvalue weighted by atomic mass is 9.81. The molecule has 10 heteroatoms. The summed E-state index contributed by atoms with van der Waals surface area (Å²) in [4.78, 5) is 28.4. The molecule has 4 heterocycles. The lowest BCUT2D eigenvalue weighted by Gasteiger charge is -2.26. The molecule has 8 nitrogen and oxygen atoms in total. The summed E-state index contributed by atoms with van der Waals surface area (Å²) in [6.07, 6.45) is 0.219. The SMILES string of the molecule is Cc1noc(C)c1-c1cc(C(N=O)(c2ccccn2)c2ccccn2)c2nc(C(F)F)[nH]c2c1. The Hall–Kier alpha value is -4.34. The number of H-pyrrole nitrogens is 1. The molecule has 5 aromatic rings. The highest BCUT2D eigenvalue weighted by atomic mass is 19.3. The zero-order chi connectivity index (χ0) is 23.9. The van der Waals surface area contributed by atoms with Gasteiger partial charge in [0.2, 0.25) is 5.54 Å². The molecule has 1 aromatic carbocycles. The number of hydrogen-bond acceptors (Lipinski definition) is 7. The van der Waals surface area contributed by atoms with Crippen LogP contribution in [0.5, 0.6) is 0 Å². The Bertz CT molecular complexity index is 1420. The molecule has 34 heavy (non-hydrogen) atoms. The summed E-state index contributed by atoms with van der Waals surface area (Å²) in [7, 11) is 0. The van der Waals surface area contributed by atoms with Gasteiger partial charge in [0.15, 0.2) is 5.82 Å². The summed E-state index contributed by atoms with van der Waals surface area (Å²) in [6, 6.07) is 13.5. The highest BCUT2D eigenvalue weighted by Gasteiger charge is 2.44. The summed E-state index contributed by atoms with van der Waals surface area (Å²) in [6.45, 7) is 3.52. The van der Waals surface area contributed by atoms with Crippen molar-refractivity contribution in [2.75, 3.05) is 0 Å². The number of nitroso groups, excluding NO2 is 1. The molecular formula is C24H18F2N6O2. The molecule has 0 aliphatic carbocycles. The van der Waals surface area contributed by atoms with Crippen molar-refractivity contribution in [2.45, 2.75) is 25.8 Å². The highest BCUT2D eigenvalue weighted by molar-refractivity contribution is 5.88. The smallest absolute Gasteiger partial charge is 0.295 e. The van der Waals surface area contributed by atoms with E-state index in [0.29, 0.717) is 28.1 Å². The van der Waals surface area contributed by atoms with Crippen molar-refractivity contribution in [1.82, 2.24) is 25.1 Å². The van der Waals surface area contributed by atoms with E-state index in [9.17, 15) is 13.7 Å². The standard InChI is InChI=1S/C24H18F2N6O2/c1-13-20(14(2)34-31-13)15-11-16(21-17(12-15)29-23(30-21)22(25)26)24(32-33,18-7-3-5-9-27-18)19-8-4-6-10-28-19/h3-12,22H,1-2H3,(H,29,30). The van der Waals surface area contributed by atoms with Crippen LogP contribution < -0.4 is 0 Å². The molecular weight excluding hydrogens is 442 g/mol. The third-order valence-electron chi connectivity index (χ3n) is 5.73. The molecule has 1 N–H and O–H groups in total. The van der Waals surface area contributed by atoms with E-state index in [1.165, 1.54) is 12.4 Å². The second-order valence-electron chi connectivity index (χ2n) is 7.77. The van der Waals surface area contributed by atoms with Gasteiger partial charge in [-0.2, -0.15) is 0 Å². The van der Waals surface area contributed by atoms with E-state index in [0.717, 1.165) is 0 Å². The molecule has 0 bridgehead atoms. The van der Waals surface area contributed by atoms with Crippen molar-refractivity contribution in [1.29, 1.82) is 0 Å². The average Bonchev–Trinajstić information content (AvgIpc) is 3.44. The third kappa shape index (κ3) is 3.26. The molecule has 0 unspecified atom stereocenters. The van der Waals surface area contributed by atoms with E-state index in [-0.39, 0.29) is 22.5 Å². The number of aromatic nitrogens is 5. The maximum absolute atomic E-state index is 13.6. The maximum atomic E-state index is 13.6. The number of aryl methyl sites for hydroxylation is 2. The summed E-state index contributed by atoms with van der Waals surface area (Å²) in [5.41, 5.74) is 1.42. The minimum Gasteiger partial charge on any atom is -0.361 e. The van der Waals surface area contributed by atoms with Gasteiger partial charge >= 0.3 is 0 Å². The Morgan fingerprint density at radius 3 is 2.21 bits per heavy atom. The van der Waals surface area contributed by atoms with Crippen molar-refractivity contribution < 1.29 is 13.3 Å². The number of aromatic amines is 1. The topological polar surface area (TPSA) is 110 Å². The molecule has 0 radical (unpaired) electrons. The fourth-order valence-corrected chi connectivity index (χ4v) is 4.26. The van der Waals surface area contributed by atoms with Gasteiger partial charge in [0.1, 0.15) is 5.76 Å². The predicted octanol–water partition coefficient (Wildman–Crippen LogP) is 5.62. The molecule has 0 fully saturated rings. The zero-order valence-corrected chi connectivity index (χ0v) is 18.2. The zero-order valence-electron chi connectivity index (χ0n) is 18.2. The van der Waals surface area contributed by atoms with Gasteiger partial charge in [0.05, 0.1) is 28.1 Å².